The minimum Gasteiger partial charge on any atom is -0.382 e. The molecule has 1 aliphatic carbocycles. The van der Waals surface area contributed by atoms with E-state index in [-0.39, 0.29) is 0 Å². The number of para-hydroxylation sites is 1. The maximum atomic E-state index is 3.71. The Morgan fingerprint density at radius 1 is 1.19 bits per heavy atom. The lowest BCUT2D eigenvalue weighted by Crippen LogP contribution is -2.54. The Kier molecular flexibility index (Phi) is 2.60. The van der Waals surface area contributed by atoms with Crippen molar-refractivity contribution in [1.29, 1.82) is 0 Å². The number of nitrogens with zero attached hydrogens (tertiary/aromatic N) is 1. The Morgan fingerprint density at radius 2 is 2.00 bits per heavy atom. The van der Waals surface area contributed by atoms with Crippen molar-refractivity contribution in [3.63, 3.8) is 0 Å². The standard InChI is InChI=1S/C14H20N2/c1-16-10-11-7-8-13(16)9-14(11)15-12-5-3-2-4-6-12/h2-6,11,13-15H,7-10H2,1H3/t11-,13+,14+/m0/s1. The van der Waals surface area contributed by atoms with E-state index in [9.17, 15) is 0 Å². The quantitative estimate of drug-likeness (QED) is 0.817. The lowest BCUT2D eigenvalue weighted by Gasteiger charge is -2.48. The minimum atomic E-state index is 0.692. The Bertz CT molecular complexity index is 349. The highest BCUT2D eigenvalue weighted by Crippen LogP contribution is 2.35. The van der Waals surface area contributed by atoms with E-state index in [0.717, 1.165) is 12.0 Å². The van der Waals surface area contributed by atoms with Crippen LogP contribution in [0.15, 0.2) is 30.3 Å². The van der Waals surface area contributed by atoms with Gasteiger partial charge in [0.05, 0.1) is 0 Å². The Morgan fingerprint density at radius 3 is 2.62 bits per heavy atom. The molecule has 0 unspecified atom stereocenters. The van der Waals surface area contributed by atoms with E-state index in [0.29, 0.717) is 6.04 Å². The number of benzene rings is 1. The van der Waals surface area contributed by atoms with Crippen LogP contribution in [-0.2, 0) is 0 Å². The summed E-state index contributed by atoms with van der Waals surface area (Å²) in [5.74, 6) is 0.843. The molecule has 0 amide bonds. The summed E-state index contributed by atoms with van der Waals surface area (Å²) < 4.78 is 0. The van der Waals surface area contributed by atoms with Crippen molar-refractivity contribution in [3.8, 4) is 0 Å². The lowest BCUT2D eigenvalue weighted by molar-refractivity contribution is 0.0619. The molecule has 2 nitrogen and oxygen atoms in total. The first-order chi connectivity index (χ1) is 7.83. The van der Waals surface area contributed by atoms with Crippen molar-refractivity contribution in [3.05, 3.63) is 30.3 Å². The summed E-state index contributed by atoms with van der Waals surface area (Å²) in [7, 11) is 2.27. The topological polar surface area (TPSA) is 15.3 Å². The number of hydrogen-bond acceptors (Lipinski definition) is 2. The van der Waals surface area contributed by atoms with Crippen molar-refractivity contribution < 1.29 is 0 Å². The highest BCUT2D eigenvalue weighted by molar-refractivity contribution is 5.43. The molecule has 0 spiro atoms. The maximum Gasteiger partial charge on any atom is 0.0342 e. The van der Waals surface area contributed by atoms with Crippen molar-refractivity contribution >= 4 is 5.69 Å². The summed E-state index contributed by atoms with van der Waals surface area (Å²) in [6, 6.07) is 12.1. The van der Waals surface area contributed by atoms with Crippen LogP contribution >= 0.6 is 0 Å². The molecule has 3 fully saturated rings. The molecule has 2 bridgehead atoms. The number of fused-ring (bicyclic) bond motifs is 3. The zero-order valence-electron chi connectivity index (χ0n) is 9.89. The number of piperidine rings is 2. The summed E-state index contributed by atoms with van der Waals surface area (Å²) in [6.07, 6.45) is 4.11. The fraction of sp³-hybridized carbons (Fsp3) is 0.571. The normalized spacial score (nSPS) is 33.9. The predicted molar refractivity (Wildman–Crippen MR) is 67.6 cm³/mol. The largest absolute Gasteiger partial charge is 0.382 e. The summed E-state index contributed by atoms with van der Waals surface area (Å²) >= 11 is 0. The Hall–Kier alpha value is -1.02. The van der Waals surface area contributed by atoms with Crippen molar-refractivity contribution in [2.45, 2.75) is 31.3 Å². The molecular weight excluding hydrogens is 196 g/mol. The fourth-order valence-corrected chi connectivity index (χ4v) is 3.27. The molecule has 0 aromatic heterocycles. The molecule has 3 atom stereocenters. The van der Waals surface area contributed by atoms with Gasteiger partial charge in [-0.3, -0.25) is 0 Å². The van der Waals surface area contributed by atoms with E-state index in [1.807, 2.05) is 0 Å². The van der Waals surface area contributed by atoms with Gasteiger partial charge in [-0.15, -0.1) is 0 Å². The summed E-state index contributed by atoms with van der Waals surface area (Å²) in [6.45, 7) is 1.27. The molecule has 2 saturated heterocycles. The third-order valence-electron chi connectivity index (χ3n) is 4.24. The molecule has 1 aromatic carbocycles. The SMILES string of the molecule is CN1C[C@@H]2CC[C@@H]1C[C@H]2Nc1ccccc1. The monoisotopic (exact) mass is 216 g/mol. The zero-order valence-corrected chi connectivity index (χ0v) is 9.89. The van der Waals surface area contributed by atoms with Crippen LogP contribution in [0.2, 0.25) is 0 Å². The second-order valence-corrected chi connectivity index (χ2v) is 5.28. The average molecular weight is 216 g/mol. The zero-order chi connectivity index (χ0) is 11.0. The van der Waals surface area contributed by atoms with Crippen molar-refractivity contribution in [2.24, 2.45) is 5.92 Å². The summed E-state index contributed by atoms with van der Waals surface area (Å²) in [5.41, 5.74) is 1.28. The van der Waals surface area contributed by atoms with Gasteiger partial charge in [-0.1, -0.05) is 18.2 Å². The molecule has 2 heteroatoms. The van der Waals surface area contributed by atoms with Gasteiger partial charge < -0.3 is 10.2 Å². The van der Waals surface area contributed by atoms with Crippen molar-refractivity contribution in [1.82, 2.24) is 4.90 Å². The van der Waals surface area contributed by atoms with Crippen LogP contribution < -0.4 is 5.32 Å². The predicted octanol–water partition coefficient (Wildman–Crippen LogP) is 2.58. The highest BCUT2D eigenvalue weighted by atomic mass is 15.2. The first-order valence-corrected chi connectivity index (χ1v) is 6.35. The van der Waals surface area contributed by atoms with Gasteiger partial charge in [0.25, 0.3) is 0 Å². The van der Waals surface area contributed by atoms with Crippen LogP contribution in [0.5, 0.6) is 0 Å². The smallest absolute Gasteiger partial charge is 0.0342 e. The second-order valence-electron chi connectivity index (χ2n) is 5.28. The van der Waals surface area contributed by atoms with E-state index in [4.69, 9.17) is 0 Å². The molecule has 2 heterocycles. The van der Waals surface area contributed by atoms with Gasteiger partial charge in [-0.2, -0.15) is 0 Å². The van der Waals surface area contributed by atoms with Gasteiger partial charge in [-0.05, 0) is 44.4 Å². The molecule has 2 aliphatic heterocycles. The molecule has 0 radical (unpaired) electrons. The molecule has 4 rings (SSSR count). The van der Waals surface area contributed by atoms with Crippen LogP contribution in [0.25, 0.3) is 0 Å². The Balaban J connectivity index is 1.69. The molecular formula is C14H20N2. The second kappa shape index (κ2) is 4.10. The highest BCUT2D eigenvalue weighted by Gasteiger charge is 2.38. The molecule has 1 aromatic rings. The van der Waals surface area contributed by atoms with Gasteiger partial charge in [-0.25, -0.2) is 0 Å². The van der Waals surface area contributed by atoms with E-state index in [1.165, 1.54) is 31.5 Å². The molecule has 86 valence electrons. The van der Waals surface area contributed by atoms with Crippen LogP contribution in [0.1, 0.15) is 19.3 Å². The minimum absolute atomic E-state index is 0.692. The van der Waals surface area contributed by atoms with Crippen molar-refractivity contribution in [2.75, 3.05) is 18.9 Å². The fourth-order valence-electron chi connectivity index (χ4n) is 3.27. The van der Waals surface area contributed by atoms with Crippen LogP contribution in [0.3, 0.4) is 0 Å². The van der Waals surface area contributed by atoms with E-state index >= 15 is 0 Å². The third-order valence-corrected chi connectivity index (χ3v) is 4.24. The molecule has 1 saturated carbocycles. The first-order valence-electron chi connectivity index (χ1n) is 6.35. The van der Waals surface area contributed by atoms with Gasteiger partial charge in [0.1, 0.15) is 0 Å². The van der Waals surface area contributed by atoms with Gasteiger partial charge in [0.2, 0.25) is 0 Å². The molecule has 1 N–H and O–H groups in total. The van der Waals surface area contributed by atoms with Gasteiger partial charge >= 0.3 is 0 Å². The third kappa shape index (κ3) is 1.82. The lowest BCUT2D eigenvalue weighted by atomic mass is 9.76. The maximum absolute atomic E-state index is 3.71. The summed E-state index contributed by atoms with van der Waals surface area (Å²) in [5, 5.41) is 3.71. The molecule has 16 heavy (non-hydrogen) atoms. The summed E-state index contributed by atoms with van der Waals surface area (Å²) in [4.78, 5) is 2.54. The number of nitrogens with one attached hydrogen (secondary N) is 1. The van der Waals surface area contributed by atoms with E-state index in [1.54, 1.807) is 0 Å². The number of rotatable bonds is 2. The Labute approximate surface area is 97.6 Å². The van der Waals surface area contributed by atoms with Gasteiger partial charge in [0.15, 0.2) is 0 Å². The van der Waals surface area contributed by atoms with Gasteiger partial charge in [0, 0.05) is 24.3 Å². The van der Waals surface area contributed by atoms with E-state index in [2.05, 4.69) is 47.6 Å². The van der Waals surface area contributed by atoms with Crippen LogP contribution in [0.4, 0.5) is 5.69 Å². The first kappa shape index (κ1) is 10.2. The number of hydrogen-bond donors (Lipinski definition) is 1. The van der Waals surface area contributed by atoms with Crippen LogP contribution in [0, 0.1) is 5.92 Å². The van der Waals surface area contributed by atoms with Crippen LogP contribution in [-0.4, -0.2) is 30.6 Å². The average Bonchev–Trinajstić information content (AvgIpc) is 2.32. The van der Waals surface area contributed by atoms with E-state index < -0.39 is 0 Å². The number of anilines is 1. The molecule has 3 aliphatic rings.